The quantitative estimate of drug-likeness (QED) is 0.880. The van der Waals surface area contributed by atoms with Gasteiger partial charge in [0.25, 0.3) is 0 Å². The predicted octanol–water partition coefficient (Wildman–Crippen LogP) is 3.66. The van der Waals surface area contributed by atoms with Gasteiger partial charge in [-0.15, -0.1) is 0 Å². The van der Waals surface area contributed by atoms with Gasteiger partial charge in [0.15, 0.2) is 0 Å². The first kappa shape index (κ1) is 12.2. The zero-order chi connectivity index (χ0) is 12.3. The first-order chi connectivity index (χ1) is 8.18. The molecule has 88 valence electrons. The number of ether oxygens (including phenoxy) is 1. The molecule has 2 rings (SSSR count). The molecule has 1 aromatic heterocycles. The largest absolute Gasteiger partial charge is 0.488 e. The van der Waals surface area contributed by atoms with Crippen LogP contribution in [0.3, 0.4) is 0 Å². The Bertz CT molecular complexity index is 534. The standard InChI is InChI=1S/C12H10BrClN2O/c13-12-10(15)2-1-3-11(12)17-7-8-4-5-16-6-9(8)14/h1-6H,7,15H2. The molecule has 0 amide bonds. The van der Waals surface area contributed by atoms with Crippen LogP contribution < -0.4 is 10.5 Å². The van der Waals surface area contributed by atoms with E-state index in [0.717, 1.165) is 10.0 Å². The summed E-state index contributed by atoms with van der Waals surface area (Å²) in [6, 6.07) is 7.30. The molecule has 0 radical (unpaired) electrons. The number of hydrogen-bond acceptors (Lipinski definition) is 3. The number of benzene rings is 1. The Kier molecular flexibility index (Phi) is 3.86. The summed E-state index contributed by atoms with van der Waals surface area (Å²) in [6.07, 6.45) is 3.27. The van der Waals surface area contributed by atoms with E-state index in [0.29, 0.717) is 23.1 Å². The summed E-state index contributed by atoms with van der Waals surface area (Å²) in [7, 11) is 0. The predicted molar refractivity (Wildman–Crippen MR) is 72.1 cm³/mol. The molecule has 0 aliphatic carbocycles. The van der Waals surface area contributed by atoms with Crippen molar-refractivity contribution in [3.05, 3.63) is 51.7 Å². The normalized spacial score (nSPS) is 10.2. The molecule has 0 aliphatic rings. The monoisotopic (exact) mass is 312 g/mol. The number of halogens is 2. The van der Waals surface area contributed by atoms with Crippen LogP contribution in [0.2, 0.25) is 5.02 Å². The first-order valence-corrected chi connectivity index (χ1v) is 6.11. The number of pyridine rings is 1. The van der Waals surface area contributed by atoms with Crippen molar-refractivity contribution in [2.45, 2.75) is 6.61 Å². The molecule has 0 bridgehead atoms. The number of hydrogen-bond donors (Lipinski definition) is 1. The Morgan fingerprint density at radius 2 is 2.18 bits per heavy atom. The Morgan fingerprint density at radius 1 is 1.35 bits per heavy atom. The third-order valence-corrected chi connectivity index (χ3v) is 3.42. The summed E-state index contributed by atoms with van der Waals surface area (Å²) in [5.41, 5.74) is 7.28. The van der Waals surface area contributed by atoms with Gasteiger partial charge in [-0.2, -0.15) is 0 Å². The number of anilines is 1. The number of nitrogens with zero attached hydrogens (tertiary/aromatic N) is 1. The summed E-state index contributed by atoms with van der Waals surface area (Å²) in [4.78, 5) is 3.91. The second-order valence-electron chi connectivity index (χ2n) is 3.42. The lowest BCUT2D eigenvalue weighted by Gasteiger charge is -2.10. The maximum absolute atomic E-state index is 5.98. The van der Waals surface area contributed by atoms with E-state index >= 15 is 0 Å². The van der Waals surface area contributed by atoms with Crippen LogP contribution in [0.5, 0.6) is 5.75 Å². The van der Waals surface area contributed by atoms with Crippen LogP contribution in [0.15, 0.2) is 41.1 Å². The van der Waals surface area contributed by atoms with Crippen LogP contribution in [-0.4, -0.2) is 4.98 Å². The van der Waals surface area contributed by atoms with Crippen molar-refractivity contribution >= 4 is 33.2 Å². The summed E-state index contributed by atoms with van der Waals surface area (Å²) in [6.45, 7) is 0.378. The Hall–Kier alpha value is -1.26. The second kappa shape index (κ2) is 5.38. The van der Waals surface area contributed by atoms with Gasteiger partial charge in [-0.3, -0.25) is 4.98 Å². The SMILES string of the molecule is Nc1cccc(OCc2ccncc2Cl)c1Br. The Labute approximate surface area is 113 Å². The maximum Gasteiger partial charge on any atom is 0.136 e. The number of nitrogens with two attached hydrogens (primary N) is 1. The van der Waals surface area contributed by atoms with E-state index in [1.165, 1.54) is 0 Å². The summed E-state index contributed by atoms with van der Waals surface area (Å²) in [5, 5.41) is 0.590. The van der Waals surface area contributed by atoms with Crippen LogP contribution in [0, 0.1) is 0 Å². The molecule has 3 nitrogen and oxygen atoms in total. The van der Waals surface area contributed by atoms with Crippen LogP contribution in [0.1, 0.15) is 5.56 Å². The van der Waals surface area contributed by atoms with E-state index in [-0.39, 0.29) is 0 Å². The van der Waals surface area contributed by atoms with Crippen LogP contribution >= 0.6 is 27.5 Å². The van der Waals surface area contributed by atoms with Gasteiger partial charge < -0.3 is 10.5 Å². The van der Waals surface area contributed by atoms with Crippen LogP contribution in [0.25, 0.3) is 0 Å². The van der Waals surface area contributed by atoms with Gasteiger partial charge in [-0.25, -0.2) is 0 Å². The zero-order valence-corrected chi connectivity index (χ0v) is 11.2. The molecule has 0 atom stereocenters. The van der Waals surface area contributed by atoms with Gasteiger partial charge in [0.2, 0.25) is 0 Å². The van der Waals surface area contributed by atoms with Crippen molar-refractivity contribution in [1.29, 1.82) is 0 Å². The first-order valence-electron chi connectivity index (χ1n) is 4.93. The number of aromatic nitrogens is 1. The highest BCUT2D eigenvalue weighted by molar-refractivity contribution is 9.10. The minimum absolute atomic E-state index is 0.378. The average molecular weight is 314 g/mol. The van der Waals surface area contributed by atoms with E-state index in [4.69, 9.17) is 22.1 Å². The smallest absolute Gasteiger partial charge is 0.136 e. The minimum Gasteiger partial charge on any atom is -0.488 e. The number of nitrogen functional groups attached to an aromatic ring is 1. The van der Waals surface area contributed by atoms with Crippen molar-refractivity contribution < 1.29 is 4.74 Å². The molecule has 0 aliphatic heterocycles. The fourth-order valence-corrected chi connectivity index (χ4v) is 1.87. The van der Waals surface area contributed by atoms with Crippen molar-refractivity contribution in [3.63, 3.8) is 0 Å². The topological polar surface area (TPSA) is 48.1 Å². The van der Waals surface area contributed by atoms with Crippen LogP contribution in [-0.2, 0) is 6.61 Å². The maximum atomic E-state index is 5.98. The molecule has 2 aromatic rings. The lowest BCUT2D eigenvalue weighted by Crippen LogP contribution is -1.98. The molecular formula is C12H10BrClN2O. The van der Waals surface area contributed by atoms with E-state index in [1.54, 1.807) is 18.5 Å². The lowest BCUT2D eigenvalue weighted by atomic mass is 10.3. The number of rotatable bonds is 3. The molecule has 0 saturated heterocycles. The molecule has 17 heavy (non-hydrogen) atoms. The molecule has 0 fully saturated rings. The van der Waals surface area contributed by atoms with Crippen molar-refractivity contribution in [2.75, 3.05) is 5.73 Å². The summed E-state index contributed by atoms with van der Waals surface area (Å²) in [5.74, 6) is 0.692. The van der Waals surface area contributed by atoms with Gasteiger partial charge in [0.1, 0.15) is 12.4 Å². The molecule has 1 aromatic carbocycles. The van der Waals surface area contributed by atoms with E-state index in [2.05, 4.69) is 20.9 Å². The third-order valence-electron chi connectivity index (χ3n) is 2.23. The molecule has 2 N–H and O–H groups in total. The van der Waals surface area contributed by atoms with Gasteiger partial charge in [0.05, 0.1) is 9.50 Å². The second-order valence-corrected chi connectivity index (χ2v) is 4.62. The molecule has 0 saturated carbocycles. The minimum atomic E-state index is 0.378. The Morgan fingerprint density at radius 3 is 2.94 bits per heavy atom. The lowest BCUT2D eigenvalue weighted by molar-refractivity contribution is 0.304. The highest BCUT2D eigenvalue weighted by Gasteiger charge is 2.05. The van der Waals surface area contributed by atoms with E-state index in [9.17, 15) is 0 Å². The van der Waals surface area contributed by atoms with Gasteiger partial charge in [-0.1, -0.05) is 17.7 Å². The highest BCUT2D eigenvalue weighted by atomic mass is 79.9. The van der Waals surface area contributed by atoms with Gasteiger partial charge in [-0.05, 0) is 34.1 Å². The molecule has 0 spiro atoms. The zero-order valence-electron chi connectivity index (χ0n) is 8.86. The Balaban J connectivity index is 2.13. The van der Waals surface area contributed by atoms with Crippen LogP contribution in [0.4, 0.5) is 5.69 Å². The van der Waals surface area contributed by atoms with E-state index in [1.807, 2.05) is 18.2 Å². The van der Waals surface area contributed by atoms with Crippen molar-refractivity contribution in [1.82, 2.24) is 4.98 Å². The molecule has 5 heteroatoms. The summed E-state index contributed by atoms with van der Waals surface area (Å²) < 4.78 is 6.40. The fraction of sp³-hybridized carbons (Fsp3) is 0.0833. The molecule has 1 heterocycles. The summed E-state index contributed by atoms with van der Waals surface area (Å²) >= 11 is 9.36. The van der Waals surface area contributed by atoms with Crippen molar-refractivity contribution in [2.24, 2.45) is 0 Å². The highest BCUT2D eigenvalue weighted by Crippen LogP contribution is 2.31. The van der Waals surface area contributed by atoms with Gasteiger partial charge >= 0.3 is 0 Å². The average Bonchev–Trinajstić information content (AvgIpc) is 2.33. The third kappa shape index (κ3) is 2.90. The molecule has 0 unspecified atom stereocenters. The molecular weight excluding hydrogens is 304 g/mol. The van der Waals surface area contributed by atoms with Gasteiger partial charge in [0, 0.05) is 23.6 Å². The van der Waals surface area contributed by atoms with Crippen molar-refractivity contribution in [3.8, 4) is 5.75 Å². The van der Waals surface area contributed by atoms with E-state index < -0.39 is 0 Å². The fourth-order valence-electron chi connectivity index (χ4n) is 1.32.